The first-order chi connectivity index (χ1) is 17.9. The van der Waals surface area contributed by atoms with E-state index in [0.717, 1.165) is 16.5 Å². The number of nitrogens with one attached hydrogen (secondary N) is 3. The number of carbonyl (C=O) groups is 2. The van der Waals surface area contributed by atoms with E-state index in [0.29, 0.717) is 34.3 Å². The third-order valence-corrected chi connectivity index (χ3v) is 5.95. The molecule has 0 saturated heterocycles. The first kappa shape index (κ1) is 24.0. The molecule has 5 aromatic rings. The number of amides is 3. The number of urea groups is 1. The van der Waals surface area contributed by atoms with E-state index >= 15 is 0 Å². The number of hydrogen-bond donors (Lipinski definition) is 3. The van der Waals surface area contributed by atoms with Crippen LogP contribution in [0.1, 0.15) is 21.7 Å². The van der Waals surface area contributed by atoms with Gasteiger partial charge in [-0.3, -0.25) is 9.78 Å². The van der Waals surface area contributed by atoms with Crippen molar-refractivity contribution in [1.82, 2.24) is 20.0 Å². The molecule has 184 valence electrons. The molecule has 0 spiro atoms. The number of halogens is 1. The largest absolute Gasteiger partial charge is 0.323 e. The minimum Gasteiger partial charge on any atom is -0.321 e. The van der Waals surface area contributed by atoms with E-state index in [2.05, 4.69) is 37.3 Å². The van der Waals surface area contributed by atoms with Gasteiger partial charge in [-0.25, -0.2) is 9.48 Å². The Morgan fingerprint density at radius 2 is 1.51 bits per heavy atom. The monoisotopic (exact) mass is 511 g/mol. The highest BCUT2D eigenvalue weighted by atomic mass is 35.5. The van der Waals surface area contributed by atoms with Gasteiger partial charge in [-0.1, -0.05) is 28.9 Å². The standard InChI is InChI=1S/C27H22ClN7O2/c1-17-25(33-34-35(17)16-18-4-13-24-19(15-18)3-2-14-29-24)26(36)30-21-9-11-23(12-10-21)32-27(37)31-22-7-5-20(28)6-8-22/h2-15H,16H2,1H3,(H,30,36)(H2,31,32,37). The molecule has 0 saturated carbocycles. The number of fused-ring (bicyclic) bond motifs is 1. The van der Waals surface area contributed by atoms with Crippen LogP contribution in [0, 0.1) is 6.92 Å². The van der Waals surface area contributed by atoms with Crippen LogP contribution in [0.15, 0.2) is 85.1 Å². The summed E-state index contributed by atoms with van der Waals surface area (Å²) in [7, 11) is 0. The molecule has 2 aromatic heterocycles. The van der Waals surface area contributed by atoms with Crippen LogP contribution in [0.2, 0.25) is 5.02 Å². The first-order valence-corrected chi connectivity index (χ1v) is 11.8. The van der Waals surface area contributed by atoms with Crippen molar-refractivity contribution in [2.75, 3.05) is 16.0 Å². The van der Waals surface area contributed by atoms with E-state index in [9.17, 15) is 9.59 Å². The van der Waals surface area contributed by atoms with E-state index in [1.54, 1.807) is 59.4 Å². The summed E-state index contributed by atoms with van der Waals surface area (Å²) in [6, 6.07) is 23.1. The molecule has 0 bridgehead atoms. The van der Waals surface area contributed by atoms with Crippen molar-refractivity contribution < 1.29 is 9.59 Å². The summed E-state index contributed by atoms with van der Waals surface area (Å²) >= 11 is 5.86. The van der Waals surface area contributed by atoms with Crippen molar-refractivity contribution in [2.45, 2.75) is 13.5 Å². The number of anilines is 3. The van der Waals surface area contributed by atoms with Gasteiger partial charge in [0.1, 0.15) is 0 Å². The fraction of sp³-hybridized carbons (Fsp3) is 0.0741. The lowest BCUT2D eigenvalue weighted by molar-refractivity contribution is 0.102. The van der Waals surface area contributed by atoms with Gasteiger partial charge in [0.2, 0.25) is 0 Å². The average Bonchev–Trinajstić information content (AvgIpc) is 3.26. The second-order valence-electron chi connectivity index (χ2n) is 8.33. The Hall–Kier alpha value is -4.76. The highest BCUT2D eigenvalue weighted by Crippen LogP contribution is 2.18. The fourth-order valence-electron chi connectivity index (χ4n) is 3.77. The van der Waals surface area contributed by atoms with Crippen LogP contribution in [-0.2, 0) is 6.54 Å². The lowest BCUT2D eigenvalue weighted by Gasteiger charge is -2.09. The third kappa shape index (κ3) is 5.74. The average molecular weight is 512 g/mol. The van der Waals surface area contributed by atoms with Gasteiger partial charge in [-0.2, -0.15) is 0 Å². The summed E-state index contributed by atoms with van der Waals surface area (Å²) in [5, 5.41) is 18.2. The van der Waals surface area contributed by atoms with E-state index in [1.165, 1.54) is 0 Å². The molecule has 0 aliphatic rings. The lowest BCUT2D eigenvalue weighted by Crippen LogP contribution is -2.19. The number of pyridine rings is 1. The molecule has 9 nitrogen and oxygen atoms in total. The molecule has 3 N–H and O–H groups in total. The van der Waals surface area contributed by atoms with Gasteiger partial charge in [-0.05, 0) is 79.2 Å². The molecule has 0 atom stereocenters. The van der Waals surface area contributed by atoms with Crippen LogP contribution >= 0.6 is 11.6 Å². The van der Waals surface area contributed by atoms with Crippen LogP contribution in [0.4, 0.5) is 21.9 Å². The van der Waals surface area contributed by atoms with Gasteiger partial charge in [0.25, 0.3) is 5.91 Å². The molecule has 10 heteroatoms. The molecule has 3 aromatic carbocycles. The molecule has 0 unspecified atom stereocenters. The van der Waals surface area contributed by atoms with Crippen molar-refractivity contribution in [1.29, 1.82) is 0 Å². The van der Waals surface area contributed by atoms with Crippen LogP contribution < -0.4 is 16.0 Å². The van der Waals surface area contributed by atoms with Crippen molar-refractivity contribution in [3.8, 4) is 0 Å². The second kappa shape index (κ2) is 10.5. The maximum atomic E-state index is 12.8. The highest BCUT2D eigenvalue weighted by molar-refractivity contribution is 6.30. The maximum Gasteiger partial charge on any atom is 0.323 e. The lowest BCUT2D eigenvalue weighted by atomic mass is 10.1. The quantitative estimate of drug-likeness (QED) is 0.269. The Kier molecular flexibility index (Phi) is 6.78. The van der Waals surface area contributed by atoms with E-state index in [1.807, 2.05) is 31.2 Å². The summed E-state index contributed by atoms with van der Waals surface area (Å²) in [6.07, 6.45) is 1.76. The van der Waals surface area contributed by atoms with Crippen LogP contribution in [-0.4, -0.2) is 31.9 Å². The molecule has 0 fully saturated rings. The smallest absolute Gasteiger partial charge is 0.321 e. The zero-order valence-corrected chi connectivity index (χ0v) is 20.5. The van der Waals surface area contributed by atoms with Crippen molar-refractivity contribution in [2.24, 2.45) is 0 Å². The van der Waals surface area contributed by atoms with E-state index in [4.69, 9.17) is 11.6 Å². The Balaban J connectivity index is 1.19. The SMILES string of the molecule is Cc1c(C(=O)Nc2ccc(NC(=O)Nc3ccc(Cl)cc3)cc2)nnn1Cc1ccc2ncccc2c1. The van der Waals surface area contributed by atoms with Gasteiger partial charge < -0.3 is 16.0 Å². The topological polar surface area (TPSA) is 114 Å². The Labute approximate surface area is 217 Å². The molecular formula is C27H22ClN7O2. The molecule has 3 amide bonds. The number of hydrogen-bond acceptors (Lipinski definition) is 5. The van der Waals surface area contributed by atoms with Crippen LogP contribution in [0.25, 0.3) is 10.9 Å². The van der Waals surface area contributed by atoms with E-state index in [-0.39, 0.29) is 11.6 Å². The summed E-state index contributed by atoms with van der Waals surface area (Å²) in [4.78, 5) is 29.4. The van der Waals surface area contributed by atoms with Gasteiger partial charge in [0.15, 0.2) is 5.69 Å². The first-order valence-electron chi connectivity index (χ1n) is 11.4. The molecule has 37 heavy (non-hydrogen) atoms. The van der Waals surface area contributed by atoms with E-state index < -0.39 is 6.03 Å². The zero-order valence-electron chi connectivity index (χ0n) is 19.8. The number of aromatic nitrogens is 4. The molecule has 5 rings (SSSR count). The van der Waals surface area contributed by atoms with Crippen molar-refractivity contribution in [3.63, 3.8) is 0 Å². The third-order valence-electron chi connectivity index (χ3n) is 5.70. The minimum absolute atomic E-state index is 0.243. The fourth-order valence-corrected chi connectivity index (χ4v) is 3.90. The second-order valence-corrected chi connectivity index (χ2v) is 8.77. The van der Waals surface area contributed by atoms with Gasteiger partial charge in [0, 0.05) is 33.7 Å². The van der Waals surface area contributed by atoms with Crippen LogP contribution in [0.3, 0.4) is 0 Å². The molecule has 2 heterocycles. The minimum atomic E-state index is -0.394. The predicted molar refractivity (Wildman–Crippen MR) is 144 cm³/mol. The maximum absolute atomic E-state index is 12.8. The zero-order chi connectivity index (χ0) is 25.8. The number of nitrogens with zero attached hydrogens (tertiary/aromatic N) is 4. The highest BCUT2D eigenvalue weighted by Gasteiger charge is 2.17. The summed E-state index contributed by atoms with van der Waals surface area (Å²) < 4.78 is 1.69. The normalized spacial score (nSPS) is 10.8. The summed E-state index contributed by atoms with van der Waals surface area (Å²) in [6.45, 7) is 2.29. The van der Waals surface area contributed by atoms with Gasteiger partial charge in [-0.15, -0.1) is 5.10 Å². The Bertz CT molecular complexity index is 1580. The van der Waals surface area contributed by atoms with Gasteiger partial charge >= 0.3 is 6.03 Å². The predicted octanol–water partition coefficient (Wildman–Crippen LogP) is 5.73. The van der Waals surface area contributed by atoms with Crippen LogP contribution in [0.5, 0.6) is 0 Å². The van der Waals surface area contributed by atoms with Crippen molar-refractivity contribution >= 4 is 51.5 Å². The number of rotatable bonds is 6. The molecule has 0 aliphatic carbocycles. The summed E-state index contributed by atoms with van der Waals surface area (Å²) in [5.41, 5.74) is 4.59. The Morgan fingerprint density at radius 1 is 0.865 bits per heavy atom. The molecule has 0 radical (unpaired) electrons. The number of carbonyl (C=O) groups excluding carboxylic acids is 2. The molecular weight excluding hydrogens is 490 g/mol. The van der Waals surface area contributed by atoms with Gasteiger partial charge in [0.05, 0.1) is 17.8 Å². The molecule has 0 aliphatic heterocycles. The summed E-state index contributed by atoms with van der Waals surface area (Å²) in [5.74, 6) is -0.368. The van der Waals surface area contributed by atoms with Crippen molar-refractivity contribution in [3.05, 3.63) is 107 Å². The number of benzene rings is 3. The Morgan fingerprint density at radius 3 is 2.22 bits per heavy atom.